The van der Waals surface area contributed by atoms with Crippen LogP contribution in [-0.4, -0.2) is 26.1 Å². The predicted octanol–water partition coefficient (Wildman–Crippen LogP) is 5.10. The largest absolute Gasteiger partial charge is 0.376 e. The van der Waals surface area contributed by atoms with Crippen LogP contribution in [0.5, 0.6) is 0 Å². The highest BCUT2D eigenvalue weighted by molar-refractivity contribution is 5.15. The van der Waals surface area contributed by atoms with E-state index in [0.29, 0.717) is 24.4 Å². The summed E-state index contributed by atoms with van der Waals surface area (Å²) in [6.07, 6.45) is 2.14. The summed E-state index contributed by atoms with van der Waals surface area (Å²) in [6.45, 7) is 5.93. The molecular weight excluding hydrogens is 336 g/mol. The second kappa shape index (κ2) is 10.0. The minimum atomic E-state index is -0.118. The molecule has 0 amide bonds. The minimum Gasteiger partial charge on any atom is -0.376 e. The molecule has 1 saturated heterocycles. The van der Waals surface area contributed by atoms with Gasteiger partial charge in [-0.25, -0.2) is 0 Å². The number of benzene rings is 2. The molecule has 0 aliphatic carbocycles. The van der Waals surface area contributed by atoms with Crippen LogP contribution in [0.2, 0.25) is 0 Å². The van der Waals surface area contributed by atoms with Crippen molar-refractivity contribution in [1.29, 1.82) is 0 Å². The molecule has 3 nitrogen and oxygen atoms in total. The van der Waals surface area contributed by atoms with E-state index in [1.807, 2.05) is 6.07 Å². The molecule has 2 aromatic rings. The maximum atomic E-state index is 6.27. The number of ether oxygens (including phenoxy) is 3. The third kappa shape index (κ3) is 5.41. The molecule has 3 heteroatoms. The Bertz CT molecular complexity index is 658. The third-order valence-corrected chi connectivity index (χ3v) is 5.72. The first-order valence-electron chi connectivity index (χ1n) is 10.0. The fourth-order valence-electron chi connectivity index (χ4n) is 4.32. The predicted molar refractivity (Wildman–Crippen MR) is 108 cm³/mol. The van der Waals surface area contributed by atoms with E-state index in [4.69, 9.17) is 14.2 Å². The topological polar surface area (TPSA) is 27.7 Å². The molecule has 146 valence electrons. The Balaban J connectivity index is 1.56. The van der Waals surface area contributed by atoms with Crippen molar-refractivity contribution in [3.05, 3.63) is 71.8 Å². The van der Waals surface area contributed by atoms with Crippen LogP contribution in [0.4, 0.5) is 0 Å². The number of hydrogen-bond acceptors (Lipinski definition) is 3. The molecule has 27 heavy (non-hydrogen) atoms. The van der Waals surface area contributed by atoms with Gasteiger partial charge < -0.3 is 14.2 Å². The Kier molecular flexibility index (Phi) is 7.45. The van der Waals surface area contributed by atoms with E-state index < -0.39 is 0 Å². The molecule has 0 aromatic heterocycles. The molecule has 5 atom stereocenters. The van der Waals surface area contributed by atoms with Crippen LogP contribution in [0.25, 0.3) is 0 Å². The summed E-state index contributed by atoms with van der Waals surface area (Å²) in [6, 6.07) is 21.0. The summed E-state index contributed by atoms with van der Waals surface area (Å²) >= 11 is 0. The van der Waals surface area contributed by atoms with Crippen molar-refractivity contribution in [3.63, 3.8) is 0 Å². The summed E-state index contributed by atoms with van der Waals surface area (Å²) in [7, 11) is 1.74. The Morgan fingerprint density at radius 2 is 1.59 bits per heavy atom. The summed E-state index contributed by atoms with van der Waals surface area (Å²) in [5.74, 6) is 1.23. The SMILES string of the molecule is CO[C@@H]1O[C@H](CCc2ccccc2)[C@@H]([C@@H](C)COCc2ccccc2)[C@H]1C. The molecule has 3 rings (SSSR count). The summed E-state index contributed by atoms with van der Waals surface area (Å²) < 4.78 is 17.9. The molecule has 0 unspecified atom stereocenters. The van der Waals surface area contributed by atoms with Crippen molar-refractivity contribution in [2.24, 2.45) is 17.8 Å². The molecule has 0 saturated carbocycles. The molecule has 0 radical (unpaired) electrons. The zero-order valence-corrected chi connectivity index (χ0v) is 16.7. The van der Waals surface area contributed by atoms with Crippen LogP contribution < -0.4 is 0 Å². The molecule has 2 aromatic carbocycles. The van der Waals surface area contributed by atoms with Crippen LogP contribution in [0.15, 0.2) is 60.7 Å². The highest BCUT2D eigenvalue weighted by Crippen LogP contribution is 2.40. The van der Waals surface area contributed by atoms with E-state index in [0.717, 1.165) is 19.4 Å². The van der Waals surface area contributed by atoms with Crippen molar-refractivity contribution in [3.8, 4) is 0 Å². The fraction of sp³-hybridized carbons (Fsp3) is 0.500. The summed E-state index contributed by atoms with van der Waals surface area (Å²) in [5, 5.41) is 0. The first kappa shape index (κ1) is 20.1. The average molecular weight is 369 g/mol. The zero-order chi connectivity index (χ0) is 19.1. The van der Waals surface area contributed by atoms with Gasteiger partial charge in [0.25, 0.3) is 0 Å². The Hall–Kier alpha value is -1.68. The average Bonchev–Trinajstić information content (AvgIpc) is 3.03. The molecule has 1 aliphatic heterocycles. The van der Waals surface area contributed by atoms with E-state index in [1.165, 1.54) is 11.1 Å². The number of rotatable bonds is 9. The van der Waals surface area contributed by atoms with E-state index in [1.54, 1.807) is 7.11 Å². The van der Waals surface area contributed by atoms with Crippen molar-refractivity contribution < 1.29 is 14.2 Å². The number of methoxy groups -OCH3 is 1. The zero-order valence-electron chi connectivity index (χ0n) is 16.7. The van der Waals surface area contributed by atoms with Gasteiger partial charge in [-0.15, -0.1) is 0 Å². The second-order valence-corrected chi connectivity index (χ2v) is 7.72. The third-order valence-electron chi connectivity index (χ3n) is 5.72. The van der Waals surface area contributed by atoms with Gasteiger partial charge in [0.2, 0.25) is 0 Å². The minimum absolute atomic E-state index is 0.118. The summed E-state index contributed by atoms with van der Waals surface area (Å²) in [5.41, 5.74) is 2.58. The monoisotopic (exact) mass is 368 g/mol. The lowest BCUT2D eigenvalue weighted by molar-refractivity contribution is -0.130. The highest BCUT2D eigenvalue weighted by Gasteiger charge is 2.44. The lowest BCUT2D eigenvalue weighted by Crippen LogP contribution is -2.30. The van der Waals surface area contributed by atoms with Crippen LogP contribution in [0.3, 0.4) is 0 Å². The normalized spacial score (nSPS) is 26.2. The van der Waals surface area contributed by atoms with E-state index >= 15 is 0 Å². The van der Waals surface area contributed by atoms with Gasteiger partial charge in [0.15, 0.2) is 6.29 Å². The standard InChI is InChI=1S/C24H32O3/c1-18(16-26-17-21-12-8-5-9-13-21)23-19(2)24(25-3)27-22(23)15-14-20-10-6-4-7-11-20/h4-13,18-19,22-24H,14-17H2,1-3H3/t18-,19+,22+,23-,24+/m0/s1. The molecule has 1 fully saturated rings. The van der Waals surface area contributed by atoms with Gasteiger partial charge in [-0.2, -0.15) is 0 Å². The Labute approximate surface area is 163 Å². The summed E-state index contributed by atoms with van der Waals surface area (Å²) in [4.78, 5) is 0. The van der Waals surface area contributed by atoms with Gasteiger partial charge in [-0.1, -0.05) is 74.5 Å². The van der Waals surface area contributed by atoms with Gasteiger partial charge >= 0.3 is 0 Å². The maximum absolute atomic E-state index is 6.27. The Morgan fingerprint density at radius 1 is 0.963 bits per heavy atom. The molecular formula is C24H32O3. The van der Waals surface area contributed by atoms with Gasteiger partial charge in [0.1, 0.15) is 0 Å². The van der Waals surface area contributed by atoms with E-state index in [-0.39, 0.29) is 12.4 Å². The van der Waals surface area contributed by atoms with E-state index in [9.17, 15) is 0 Å². The molecule has 1 aliphatic rings. The van der Waals surface area contributed by atoms with Crippen LogP contribution in [-0.2, 0) is 27.2 Å². The number of hydrogen-bond donors (Lipinski definition) is 0. The van der Waals surface area contributed by atoms with Gasteiger partial charge in [-0.05, 0) is 35.8 Å². The Morgan fingerprint density at radius 3 is 2.22 bits per heavy atom. The molecule has 0 N–H and O–H groups in total. The van der Waals surface area contributed by atoms with Gasteiger partial charge in [-0.3, -0.25) is 0 Å². The van der Waals surface area contributed by atoms with Crippen molar-refractivity contribution in [2.45, 2.75) is 45.7 Å². The van der Waals surface area contributed by atoms with Crippen LogP contribution >= 0.6 is 0 Å². The second-order valence-electron chi connectivity index (χ2n) is 7.72. The smallest absolute Gasteiger partial charge is 0.160 e. The van der Waals surface area contributed by atoms with Crippen molar-refractivity contribution in [2.75, 3.05) is 13.7 Å². The molecule has 1 heterocycles. The molecule has 0 spiro atoms. The lowest BCUT2D eigenvalue weighted by atomic mass is 9.80. The lowest BCUT2D eigenvalue weighted by Gasteiger charge is -2.27. The first-order chi connectivity index (χ1) is 13.2. The van der Waals surface area contributed by atoms with Gasteiger partial charge in [0, 0.05) is 19.6 Å². The highest BCUT2D eigenvalue weighted by atomic mass is 16.7. The van der Waals surface area contributed by atoms with Gasteiger partial charge in [0.05, 0.1) is 12.7 Å². The van der Waals surface area contributed by atoms with Crippen LogP contribution in [0, 0.1) is 17.8 Å². The quantitative estimate of drug-likeness (QED) is 0.617. The molecule has 0 bridgehead atoms. The first-order valence-corrected chi connectivity index (χ1v) is 10.0. The van der Waals surface area contributed by atoms with Crippen molar-refractivity contribution in [1.82, 2.24) is 0 Å². The van der Waals surface area contributed by atoms with Crippen LogP contribution in [0.1, 0.15) is 31.4 Å². The van der Waals surface area contributed by atoms with E-state index in [2.05, 4.69) is 68.4 Å². The fourth-order valence-corrected chi connectivity index (χ4v) is 4.32. The van der Waals surface area contributed by atoms with Crippen molar-refractivity contribution >= 4 is 0 Å². The maximum Gasteiger partial charge on any atom is 0.160 e. The number of aryl methyl sites for hydroxylation is 1.